The molecule has 3 heteroatoms. The molecule has 3 aromatic rings. The van der Waals surface area contributed by atoms with Crippen molar-refractivity contribution in [1.82, 2.24) is 4.98 Å². The van der Waals surface area contributed by atoms with Crippen molar-refractivity contribution in [3.8, 4) is 11.3 Å². The van der Waals surface area contributed by atoms with Crippen LogP contribution in [0.3, 0.4) is 0 Å². The molecule has 2 aromatic carbocycles. The molecule has 4 rings (SSSR count). The molecule has 0 saturated heterocycles. The maximum absolute atomic E-state index is 10.7. The number of hydrogen-bond acceptors (Lipinski definition) is 1. The molecule has 2 N–H and O–H groups in total. The number of rotatable bonds is 3. The summed E-state index contributed by atoms with van der Waals surface area (Å²) in [5, 5.41) is 9.91. The van der Waals surface area contributed by atoms with Crippen LogP contribution in [-0.4, -0.2) is 16.1 Å². The normalized spacial score (nSPS) is 17.7. The van der Waals surface area contributed by atoms with Gasteiger partial charge in [0.1, 0.15) is 0 Å². The lowest BCUT2D eigenvalue weighted by Gasteiger charge is -2.42. The van der Waals surface area contributed by atoms with Gasteiger partial charge < -0.3 is 10.1 Å². The summed E-state index contributed by atoms with van der Waals surface area (Å²) >= 11 is 0. The summed E-state index contributed by atoms with van der Waals surface area (Å²) in [4.78, 5) is 14.3. The highest BCUT2D eigenvalue weighted by atomic mass is 16.4. The van der Waals surface area contributed by atoms with Gasteiger partial charge in [0.2, 0.25) is 0 Å². The van der Waals surface area contributed by atoms with Gasteiger partial charge in [-0.2, -0.15) is 0 Å². The molecule has 0 bridgehead atoms. The molecule has 0 saturated carbocycles. The van der Waals surface area contributed by atoms with Crippen LogP contribution in [0.5, 0.6) is 0 Å². The molecular weight excluding hydrogens is 346 g/mol. The van der Waals surface area contributed by atoms with Crippen molar-refractivity contribution in [2.75, 3.05) is 0 Å². The smallest absolute Gasteiger partial charge is 0.328 e. The molecule has 144 valence electrons. The first-order valence-corrected chi connectivity index (χ1v) is 9.85. The van der Waals surface area contributed by atoms with Gasteiger partial charge in [-0.1, -0.05) is 45.9 Å². The molecule has 1 aliphatic rings. The van der Waals surface area contributed by atoms with Gasteiger partial charge in [-0.25, -0.2) is 4.79 Å². The number of aliphatic carboxylic acids is 1. The van der Waals surface area contributed by atoms with Gasteiger partial charge in [0.15, 0.2) is 0 Å². The third-order valence-corrected chi connectivity index (χ3v) is 6.23. The number of H-pyrrole nitrogens is 1. The fraction of sp³-hybridized carbons (Fsp3) is 0.320. The van der Waals surface area contributed by atoms with Gasteiger partial charge in [-0.15, -0.1) is 0 Å². The van der Waals surface area contributed by atoms with E-state index in [1.54, 1.807) is 6.08 Å². The minimum Gasteiger partial charge on any atom is -0.478 e. The van der Waals surface area contributed by atoms with E-state index >= 15 is 0 Å². The van der Waals surface area contributed by atoms with Crippen LogP contribution in [0, 0.1) is 0 Å². The second-order valence-corrected chi connectivity index (χ2v) is 9.23. The van der Waals surface area contributed by atoms with Crippen molar-refractivity contribution in [2.24, 2.45) is 0 Å². The van der Waals surface area contributed by atoms with Crippen molar-refractivity contribution in [3.05, 3.63) is 65.2 Å². The van der Waals surface area contributed by atoms with Crippen LogP contribution in [0.1, 0.15) is 57.2 Å². The zero-order chi connectivity index (χ0) is 20.1. The summed E-state index contributed by atoms with van der Waals surface area (Å²) in [6.07, 6.45) is 5.20. The first-order valence-electron chi connectivity index (χ1n) is 9.85. The second kappa shape index (κ2) is 6.37. The summed E-state index contributed by atoms with van der Waals surface area (Å²) in [6.45, 7) is 9.37. The number of hydrogen-bond donors (Lipinski definition) is 2. The number of aromatic nitrogens is 1. The molecule has 1 aromatic heterocycles. The first-order chi connectivity index (χ1) is 13.2. The van der Waals surface area contributed by atoms with Crippen LogP contribution in [0.4, 0.5) is 0 Å². The SMILES string of the molecule is CC1(C)CCC(C)(C)c2cc(-c3cc4cc(/C=C/C(=O)O)ccc4[nH]3)ccc21. The predicted molar refractivity (Wildman–Crippen MR) is 116 cm³/mol. The van der Waals surface area contributed by atoms with E-state index in [0.717, 1.165) is 22.2 Å². The molecule has 0 spiro atoms. The lowest BCUT2D eigenvalue weighted by molar-refractivity contribution is -0.131. The average molecular weight is 373 g/mol. The van der Waals surface area contributed by atoms with E-state index in [2.05, 4.69) is 56.9 Å². The van der Waals surface area contributed by atoms with E-state index < -0.39 is 5.97 Å². The van der Waals surface area contributed by atoms with Crippen molar-refractivity contribution >= 4 is 22.9 Å². The summed E-state index contributed by atoms with van der Waals surface area (Å²) in [5.41, 5.74) is 7.54. The number of carboxylic acids is 1. The number of carbonyl (C=O) groups is 1. The van der Waals surface area contributed by atoms with Crippen LogP contribution in [0.15, 0.2) is 48.5 Å². The molecule has 0 aliphatic heterocycles. The number of carboxylic acid groups (broad SMARTS) is 1. The Morgan fingerprint density at radius 2 is 1.68 bits per heavy atom. The molecule has 1 heterocycles. The molecule has 0 fully saturated rings. The second-order valence-electron chi connectivity index (χ2n) is 9.23. The Morgan fingerprint density at radius 3 is 2.39 bits per heavy atom. The van der Waals surface area contributed by atoms with Crippen molar-refractivity contribution in [2.45, 2.75) is 51.4 Å². The predicted octanol–water partition coefficient (Wildman–Crippen LogP) is 6.28. The van der Waals surface area contributed by atoms with Crippen LogP contribution in [0.25, 0.3) is 28.2 Å². The Labute approximate surface area is 166 Å². The highest BCUT2D eigenvalue weighted by molar-refractivity contribution is 5.90. The van der Waals surface area contributed by atoms with Crippen molar-refractivity contribution in [3.63, 3.8) is 0 Å². The van der Waals surface area contributed by atoms with Crippen LogP contribution in [0.2, 0.25) is 0 Å². The molecule has 1 aliphatic carbocycles. The quantitative estimate of drug-likeness (QED) is 0.531. The highest BCUT2D eigenvalue weighted by Crippen LogP contribution is 2.46. The summed E-state index contributed by atoms with van der Waals surface area (Å²) in [5.74, 6) is -0.936. The molecule has 0 atom stereocenters. The average Bonchev–Trinajstić information content (AvgIpc) is 3.07. The van der Waals surface area contributed by atoms with Crippen LogP contribution >= 0.6 is 0 Å². The van der Waals surface area contributed by atoms with Gasteiger partial charge in [-0.3, -0.25) is 0 Å². The van der Waals surface area contributed by atoms with Crippen LogP contribution < -0.4 is 0 Å². The van der Waals surface area contributed by atoms with E-state index in [9.17, 15) is 4.79 Å². The molecular formula is C25H27NO2. The Balaban J connectivity index is 1.77. The number of nitrogens with one attached hydrogen (secondary N) is 1. The third-order valence-electron chi connectivity index (χ3n) is 6.23. The maximum atomic E-state index is 10.7. The molecule has 3 nitrogen and oxygen atoms in total. The summed E-state index contributed by atoms with van der Waals surface area (Å²) in [7, 11) is 0. The van der Waals surface area contributed by atoms with E-state index in [4.69, 9.17) is 5.11 Å². The number of fused-ring (bicyclic) bond motifs is 2. The van der Waals surface area contributed by atoms with Crippen molar-refractivity contribution in [1.29, 1.82) is 0 Å². The standard InChI is InChI=1S/C25H27NO2/c1-24(2)11-12-25(3,4)20-14-17(7-8-19(20)24)22-15-18-13-16(6-10-23(27)28)5-9-21(18)26-22/h5-10,13-15,26H,11-12H2,1-4H3,(H,27,28)/b10-6+. The summed E-state index contributed by atoms with van der Waals surface area (Å²) < 4.78 is 0. The van der Waals surface area contributed by atoms with Gasteiger partial charge >= 0.3 is 5.97 Å². The van der Waals surface area contributed by atoms with E-state index in [-0.39, 0.29) is 10.8 Å². The van der Waals surface area contributed by atoms with Gasteiger partial charge in [0, 0.05) is 22.7 Å². The van der Waals surface area contributed by atoms with E-state index in [0.29, 0.717) is 0 Å². The van der Waals surface area contributed by atoms with E-state index in [1.165, 1.54) is 35.6 Å². The third kappa shape index (κ3) is 3.26. The number of aromatic amines is 1. The van der Waals surface area contributed by atoms with Crippen molar-refractivity contribution < 1.29 is 9.90 Å². The monoisotopic (exact) mass is 373 g/mol. The maximum Gasteiger partial charge on any atom is 0.328 e. The lowest BCUT2D eigenvalue weighted by atomic mass is 9.63. The number of benzene rings is 2. The fourth-order valence-corrected chi connectivity index (χ4v) is 4.33. The van der Waals surface area contributed by atoms with Gasteiger partial charge in [0.05, 0.1) is 0 Å². The molecule has 0 radical (unpaired) electrons. The molecule has 0 unspecified atom stereocenters. The van der Waals surface area contributed by atoms with E-state index in [1.807, 2.05) is 18.2 Å². The summed E-state index contributed by atoms with van der Waals surface area (Å²) in [6, 6.07) is 15.0. The van der Waals surface area contributed by atoms with Gasteiger partial charge in [-0.05, 0) is 76.3 Å². The molecule has 28 heavy (non-hydrogen) atoms. The Morgan fingerprint density at radius 1 is 0.964 bits per heavy atom. The minimum atomic E-state index is -0.936. The first kappa shape index (κ1) is 18.5. The Hall–Kier alpha value is -2.81. The fourth-order valence-electron chi connectivity index (χ4n) is 4.33. The Kier molecular flexibility index (Phi) is 4.22. The largest absolute Gasteiger partial charge is 0.478 e. The zero-order valence-corrected chi connectivity index (χ0v) is 17.0. The topological polar surface area (TPSA) is 53.1 Å². The Bertz CT molecular complexity index is 1100. The minimum absolute atomic E-state index is 0.182. The zero-order valence-electron chi connectivity index (χ0n) is 17.0. The van der Waals surface area contributed by atoms with Gasteiger partial charge in [0.25, 0.3) is 0 Å². The lowest BCUT2D eigenvalue weighted by Crippen LogP contribution is -2.33. The highest BCUT2D eigenvalue weighted by Gasteiger charge is 2.37. The van der Waals surface area contributed by atoms with Crippen LogP contribution in [-0.2, 0) is 15.6 Å². The molecule has 0 amide bonds.